The lowest BCUT2D eigenvalue weighted by Crippen LogP contribution is -2.06. The molecule has 21 heavy (non-hydrogen) atoms. The van der Waals surface area contributed by atoms with Crippen molar-refractivity contribution in [3.05, 3.63) is 51.0 Å². The molecule has 2 aromatic rings. The molecule has 1 aromatic heterocycles. The fourth-order valence-corrected chi connectivity index (χ4v) is 2.73. The Bertz CT molecular complexity index is 655. The molecule has 0 fully saturated rings. The van der Waals surface area contributed by atoms with E-state index in [1.807, 2.05) is 13.8 Å². The molecule has 3 nitrogen and oxygen atoms in total. The number of rotatable bonds is 4. The maximum atomic E-state index is 13.2. The summed E-state index contributed by atoms with van der Waals surface area (Å²) in [5.74, 6) is -0.331. The summed E-state index contributed by atoms with van der Waals surface area (Å²) in [6.07, 6.45) is -0.518. The highest BCUT2D eigenvalue weighted by Gasteiger charge is 2.23. The number of benzene rings is 1. The summed E-state index contributed by atoms with van der Waals surface area (Å²) in [7, 11) is 1.74. The maximum Gasteiger partial charge on any atom is 0.141 e. The lowest BCUT2D eigenvalue weighted by Gasteiger charge is -2.13. The van der Waals surface area contributed by atoms with E-state index < -0.39 is 11.9 Å². The molecular weight excluding hydrogens is 314 g/mol. The van der Waals surface area contributed by atoms with E-state index in [-0.39, 0.29) is 10.9 Å². The minimum Gasteiger partial charge on any atom is -0.388 e. The van der Waals surface area contributed by atoms with Gasteiger partial charge in [0.25, 0.3) is 0 Å². The number of aliphatic hydroxyl groups excluding tert-OH is 1. The van der Waals surface area contributed by atoms with Crippen LogP contribution in [0.5, 0.6) is 0 Å². The van der Waals surface area contributed by atoms with Crippen molar-refractivity contribution in [2.75, 3.05) is 0 Å². The first-order valence-corrected chi connectivity index (χ1v) is 7.41. The van der Waals surface area contributed by atoms with E-state index in [1.165, 1.54) is 12.1 Å². The van der Waals surface area contributed by atoms with Crippen LogP contribution < -0.4 is 0 Å². The minimum atomic E-state index is -0.815. The molecular formula is C15H17Cl2FN2O. The first-order chi connectivity index (χ1) is 9.81. The monoisotopic (exact) mass is 330 g/mol. The van der Waals surface area contributed by atoms with Crippen LogP contribution in [0.3, 0.4) is 0 Å². The van der Waals surface area contributed by atoms with Gasteiger partial charge in [-0.2, -0.15) is 5.10 Å². The molecule has 114 valence electrons. The Labute approximate surface area is 133 Å². The van der Waals surface area contributed by atoms with Crippen molar-refractivity contribution in [1.29, 1.82) is 0 Å². The summed E-state index contributed by atoms with van der Waals surface area (Å²) in [6, 6.07) is 4.40. The third-order valence-corrected chi connectivity index (χ3v) is 4.07. The van der Waals surface area contributed by atoms with E-state index in [9.17, 15) is 9.50 Å². The molecule has 0 saturated heterocycles. The first kappa shape index (κ1) is 16.3. The number of hydrogen-bond acceptors (Lipinski definition) is 2. The summed E-state index contributed by atoms with van der Waals surface area (Å²) < 4.78 is 14.7. The number of nitrogens with zero attached hydrogens (tertiary/aromatic N) is 2. The minimum absolute atomic E-state index is 0.0427. The highest BCUT2D eigenvalue weighted by Crippen LogP contribution is 2.32. The molecule has 0 spiro atoms. The highest BCUT2D eigenvalue weighted by molar-refractivity contribution is 6.31. The Morgan fingerprint density at radius 2 is 2.00 bits per heavy atom. The van der Waals surface area contributed by atoms with E-state index in [1.54, 1.807) is 17.8 Å². The Morgan fingerprint density at radius 3 is 2.57 bits per heavy atom. The third-order valence-electron chi connectivity index (χ3n) is 3.33. The van der Waals surface area contributed by atoms with Gasteiger partial charge in [0.2, 0.25) is 0 Å². The summed E-state index contributed by atoms with van der Waals surface area (Å²) in [5.41, 5.74) is 2.13. The van der Waals surface area contributed by atoms with Crippen molar-refractivity contribution in [3.8, 4) is 0 Å². The maximum absolute atomic E-state index is 13.2. The molecule has 1 atom stereocenters. The van der Waals surface area contributed by atoms with Gasteiger partial charge in [0.15, 0.2) is 0 Å². The molecule has 0 aliphatic carbocycles. The molecule has 0 amide bonds. The Hall–Kier alpha value is -1.10. The summed E-state index contributed by atoms with van der Waals surface area (Å²) in [6.45, 7) is 3.98. The highest BCUT2D eigenvalue weighted by atomic mass is 35.5. The van der Waals surface area contributed by atoms with Crippen LogP contribution in [0.1, 0.15) is 42.7 Å². The van der Waals surface area contributed by atoms with Crippen molar-refractivity contribution >= 4 is 23.2 Å². The van der Waals surface area contributed by atoms with Crippen LogP contribution in [0, 0.1) is 5.82 Å². The second-order valence-electron chi connectivity index (χ2n) is 5.34. The largest absolute Gasteiger partial charge is 0.388 e. The molecule has 0 radical (unpaired) electrons. The van der Waals surface area contributed by atoms with Gasteiger partial charge in [-0.15, -0.1) is 0 Å². The number of halogens is 3. The summed E-state index contributed by atoms with van der Waals surface area (Å²) >= 11 is 12.0. The van der Waals surface area contributed by atoms with Gasteiger partial charge in [-0.05, 0) is 23.6 Å². The Balaban J connectivity index is 2.31. The SMILES string of the molecule is CC(C)c1nn(C)c(Cl)c1C(O)Cc1ccc(F)c(Cl)c1. The molecule has 0 aliphatic rings. The van der Waals surface area contributed by atoms with Gasteiger partial charge in [-0.1, -0.05) is 43.1 Å². The van der Waals surface area contributed by atoms with Gasteiger partial charge >= 0.3 is 0 Å². The molecule has 1 unspecified atom stereocenters. The van der Waals surface area contributed by atoms with Crippen molar-refractivity contribution < 1.29 is 9.50 Å². The zero-order chi connectivity index (χ0) is 15.7. The van der Waals surface area contributed by atoms with Crippen LogP contribution in [-0.2, 0) is 13.5 Å². The molecule has 0 saturated carbocycles. The van der Waals surface area contributed by atoms with E-state index in [2.05, 4.69) is 5.10 Å². The summed E-state index contributed by atoms with van der Waals surface area (Å²) in [4.78, 5) is 0. The summed E-state index contributed by atoms with van der Waals surface area (Å²) in [5, 5.41) is 15.3. The van der Waals surface area contributed by atoms with Crippen LogP contribution in [0.2, 0.25) is 10.2 Å². The molecule has 1 aromatic carbocycles. The standard InChI is InChI=1S/C15H17Cl2FN2O/c1-8(2)14-13(15(17)20(3)19-14)12(21)7-9-4-5-11(18)10(16)6-9/h4-6,8,12,21H,7H2,1-3H3. The smallest absolute Gasteiger partial charge is 0.141 e. The molecule has 2 rings (SSSR count). The fraction of sp³-hybridized carbons (Fsp3) is 0.400. The molecule has 6 heteroatoms. The fourth-order valence-electron chi connectivity index (χ4n) is 2.27. The zero-order valence-electron chi connectivity index (χ0n) is 12.1. The average Bonchev–Trinajstić information content (AvgIpc) is 2.70. The Morgan fingerprint density at radius 1 is 1.33 bits per heavy atom. The Kier molecular flexibility index (Phi) is 4.91. The topological polar surface area (TPSA) is 38.0 Å². The van der Waals surface area contributed by atoms with Gasteiger partial charge in [0, 0.05) is 19.0 Å². The van der Waals surface area contributed by atoms with Crippen LogP contribution in [0.15, 0.2) is 18.2 Å². The van der Waals surface area contributed by atoms with Crippen molar-refractivity contribution in [2.45, 2.75) is 32.3 Å². The van der Waals surface area contributed by atoms with Crippen molar-refractivity contribution in [2.24, 2.45) is 7.05 Å². The van der Waals surface area contributed by atoms with E-state index in [0.29, 0.717) is 17.1 Å². The van der Waals surface area contributed by atoms with Crippen LogP contribution in [0.25, 0.3) is 0 Å². The number of aromatic nitrogens is 2. The van der Waals surface area contributed by atoms with Crippen LogP contribution >= 0.6 is 23.2 Å². The van der Waals surface area contributed by atoms with E-state index in [0.717, 1.165) is 11.3 Å². The molecule has 1 N–H and O–H groups in total. The lowest BCUT2D eigenvalue weighted by molar-refractivity contribution is 0.177. The predicted molar refractivity (Wildman–Crippen MR) is 82.4 cm³/mol. The van der Waals surface area contributed by atoms with Crippen LogP contribution in [-0.4, -0.2) is 14.9 Å². The van der Waals surface area contributed by atoms with Crippen molar-refractivity contribution in [1.82, 2.24) is 9.78 Å². The van der Waals surface area contributed by atoms with Gasteiger partial charge in [-0.3, -0.25) is 4.68 Å². The number of hydrogen-bond donors (Lipinski definition) is 1. The third kappa shape index (κ3) is 3.39. The van der Waals surface area contributed by atoms with Gasteiger partial charge in [-0.25, -0.2) is 4.39 Å². The molecule has 1 heterocycles. The van der Waals surface area contributed by atoms with E-state index >= 15 is 0 Å². The average molecular weight is 331 g/mol. The zero-order valence-corrected chi connectivity index (χ0v) is 13.6. The second-order valence-corrected chi connectivity index (χ2v) is 6.10. The van der Waals surface area contributed by atoms with Crippen molar-refractivity contribution in [3.63, 3.8) is 0 Å². The van der Waals surface area contributed by atoms with Gasteiger partial charge in [0.1, 0.15) is 11.0 Å². The van der Waals surface area contributed by atoms with Gasteiger partial charge in [0.05, 0.1) is 16.8 Å². The number of aryl methyl sites for hydroxylation is 1. The quantitative estimate of drug-likeness (QED) is 0.909. The van der Waals surface area contributed by atoms with Gasteiger partial charge < -0.3 is 5.11 Å². The predicted octanol–water partition coefficient (Wildman–Crippen LogP) is 4.27. The molecule has 0 aliphatic heterocycles. The number of aliphatic hydroxyl groups is 1. The van der Waals surface area contributed by atoms with E-state index in [4.69, 9.17) is 23.2 Å². The molecule has 0 bridgehead atoms. The first-order valence-electron chi connectivity index (χ1n) is 6.65. The van der Waals surface area contributed by atoms with Crippen LogP contribution in [0.4, 0.5) is 4.39 Å². The normalized spacial score (nSPS) is 13.0. The lowest BCUT2D eigenvalue weighted by atomic mass is 9.97. The second kappa shape index (κ2) is 6.34.